The molecule has 0 saturated carbocycles. The number of carbonyl (C=O) groups is 1. The summed E-state index contributed by atoms with van der Waals surface area (Å²) in [4.78, 5) is 17.3. The van der Waals surface area contributed by atoms with E-state index in [1.807, 2.05) is 72.7 Å². The summed E-state index contributed by atoms with van der Waals surface area (Å²) in [5.41, 5.74) is 6.50. The van der Waals surface area contributed by atoms with Crippen molar-refractivity contribution in [1.82, 2.24) is 19.3 Å². The van der Waals surface area contributed by atoms with Crippen LogP contribution in [0.2, 0.25) is 0 Å². The monoisotopic (exact) mass is 405 g/mol. The van der Waals surface area contributed by atoms with Crippen molar-refractivity contribution in [3.63, 3.8) is 0 Å². The predicted molar refractivity (Wildman–Crippen MR) is 116 cm³/mol. The maximum absolute atomic E-state index is 12.9. The van der Waals surface area contributed by atoms with Crippen LogP contribution >= 0.6 is 11.3 Å². The molecule has 0 fully saturated rings. The number of carbonyl (C=O) groups excluding carboxylic acids is 1. The molecule has 0 aliphatic carbocycles. The summed E-state index contributed by atoms with van der Waals surface area (Å²) in [6, 6.07) is 11.9. The Labute approximate surface area is 173 Å². The molecule has 148 valence electrons. The van der Waals surface area contributed by atoms with Crippen molar-refractivity contribution in [2.75, 3.05) is 5.32 Å². The summed E-state index contributed by atoms with van der Waals surface area (Å²) in [5, 5.41) is 10.3. The molecule has 0 saturated heterocycles. The molecule has 4 rings (SSSR count). The first kappa shape index (κ1) is 19.1. The molecule has 0 unspecified atom stereocenters. The van der Waals surface area contributed by atoms with Gasteiger partial charge in [0, 0.05) is 34.3 Å². The maximum Gasteiger partial charge on any atom is 0.257 e. The second-order valence-electron chi connectivity index (χ2n) is 7.17. The molecule has 0 radical (unpaired) electrons. The number of thiazole rings is 1. The summed E-state index contributed by atoms with van der Waals surface area (Å²) < 4.78 is 3.98. The van der Waals surface area contributed by atoms with Gasteiger partial charge >= 0.3 is 0 Å². The van der Waals surface area contributed by atoms with Gasteiger partial charge in [-0.15, -0.1) is 11.3 Å². The maximum atomic E-state index is 12.9. The number of nitrogens with one attached hydrogen (secondary N) is 1. The van der Waals surface area contributed by atoms with Crippen LogP contribution in [-0.4, -0.2) is 25.2 Å². The lowest BCUT2D eigenvalue weighted by molar-refractivity contribution is 0.102. The van der Waals surface area contributed by atoms with Crippen LogP contribution in [0.5, 0.6) is 0 Å². The molecule has 0 spiro atoms. The molecular formula is C22H23N5OS. The molecule has 4 aromatic rings. The van der Waals surface area contributed by atoms with Crippen LogP contribution < -0.4 is 5.32 Å². The molecule has 1 amide bonds. The quantitative estimate of drug-likeness (QED) is 0.525. The highest BCUT2D eigenvalue weighted by molar-refractivity contribution is 7.12. The highest BCUT2D eigenvalue weighted by atomic mass is 32.1. The Morgan fingerprint density at radius 3 is 2.62 bits per heavy atom. The number of aromatic nitrogens is 4. The minimum Gasteiger partial charge on any atom is -0.322 e. The van der Waals surface area contributed by atoms with E-state index in [0.717, 1.165) is 39.2 Å². The van der Waals surface area contributed by atoms with E-state index in [-0.39, 0.29) is 5.91 Å². The number of hydrogen-bond donors (Lipinski definition) is 1. The van der Waals surface area contributed by atoms with Gasteiger partial charge in [-0.2, -0.15) is 5.10 Å². The van der Waals surface area contributed by atoms with Gasteiger partial charge in [0.2, 0.25) is 0 Å². The fourth-order valence-electron chi connectivity index (χ4n) is 3.57. The van der Waals surface area contributed by atoms with Gasteiger partial charge in [-0.05, 0) is 57.5 Å². The average molecular weight is 406 g/mol. The third kappa shape index (κ3) is 3.86. The van der Waals surface area contributed by atoms with E-state index in [0.29, 0.717) is 12.1 Å². The van der Waals surface area contributed by atoms with Crippen LogP contribution in [0.4, 0.5) is 5.69 Å². The minimum atomic E-state index is -0.121. The molecule has 29 heavy (non-hydrogen) atoms. The second kappa shape index (κ2) is 7.67. The molecule has 1 N–H and O–H groups in total. The van der Waals surface area contributed by atoms with E-state index < -0.39 is 0 Å². The lowest BCUT2D eigenvalue weighted by atomic mass is 10.1. The molecule has 0 aliphatic rings. The molecule has 3 heterocycles. The number of rotatable bonds is 5. The topological polar surface area (TPSA) is 64.7 Å². The number of amides is 1. The highest BCUT2D eigenvalue weighted by Crippen LogP contribution is 2.23. The van der Waals surface area contributed by atoms with Crippen molar-refractivity contribution in [3.8, 4) is 5.13 Å². The Bertz CT molecular complexity index is 1170. The van der Waals surface area contributed by atoms with Crippen LogP contribution in [0, 0.1) is 27.7 Å². The zero-order valence-corrected chi connectivity index (χ0v) is 17.7. The van der Waals surface area contributed by atoms with Crippen molar-refractivity contribution >= 4 is 22.9 Å². The van der Waals surface area contributed by atoms with Gasteiger partial charge in [0.15, 0.2) is 5.13 Å². The van der Waals surface area contributed by atoms with E-state index in [4.69, 9.17) is 0 Å². The normalized spacial score (nSPS) is 11.0. The average Bonchev–Trinajstić information content (AvgIpc) is 3.36. The van der Waals surface area contributed by atoms with Gasteiger partial charge in [0.1, 0.15) is 0 Å². The van der Waals surface area contributed by atoms with E-state index in [1.165, 1.54) is 0 Å². The van der Waals surface area contributed by atoms with Crippen molar-refractivity contribution in [2.24, 2.45) is 0 Å². The van der Waals surface area contributed by atoms with Gasteiger partial charge in [-0.25, -0.2) is 4.98 Å². The van der Waals surface area contributed by atoms with E-state index in [1.54, 1.807) is 17.5 Å². The van der Waals surface area contributed by atoms with E-state index in [2.05, 4.69) is 21.5 Å². The lowest BCUT2D eigenvalue weighted by Crippen LogP contribution is -2.13. The van der Waals surface area contributed by atoms with Gasteiger partial charge in [0.05, 0.1) is 17.8 Å². The molecule has 6 nitrogen and oxygen atoms in total. The Hall–Kier alpha value is -3.19. The van der Waals surface area contributed by atoms with Crippen molar-refractivity contribution < 1.29 is 4.79 Å². The summed E-state index contributed by atoms with van der Waals surface area (Å²) in [6.07, 6.45) is 1.77. The van der Waals surface area contributed by atoms with Crippen LogP contribution in [0.3, 0.4) is 0 Å². The zero-order valence-electron chi connectivity index (χ0n) is 16.9. The molecule has 1 aromatic carbocycles. The van der Waals surface area contributed by atoms with Gasteiger partial charge in [-0.1, -0.05) is 12.1 Å². The van der Waals surface area contributed by atoms with E-state index in [9.17, 15) is 4.79 Å². The fraction of sp³-hybridized carbons (Fsp3) is 0.227. The molecule has 7 heteroatoms. The number of hydrogen-bond acceptors (Lipinski definition) is 4. The fourth-order valence-corrected chi connectivity index (χ4v) is 4.32. The molecule has 0 atom stereocenters. The molecule has 0 bridgehead atoms. The number of aryl methyl sites for hydroxylation is 3. The van der Waals surface area contributed by atoms with Crippen molar-refractivity contribution in [2.45, 2.75) is 34.2 Å². The lowest BCUT2D eigenvalue weighted by Gasteiger charge is -2.09. The standard InChI is InChI=1S/C22H23N5OS/c1-14-10-15(2)26(25-14)13-18-6-5-7-19(12-18)24-21(28)20-11-16(3)27(17(20)4)22-23-8-9-29-22/h5-12H,13H2,1-4H3,(H,24,28). The van der Waals surface area contributed by atoms with Crippen molar-refractivity contribution in [3.05, 3.63) is 81.9 Å². The first-order chi connectivity index (χ1) is 13.9. The first-order valence-corrected chi connectivity index (χ1v) is 10.3. The number of anilines is 1. The van der Waals surface area contributed by atoms with Gasteiger partial charge < -0.3 is 5.32 Å². The van der Waals surface area contributed by atoms with Gasteiger partial charge in [0.25, 0.3) is 5.91 Å². The summed E-state index contributed by atoms with van der Waals surface area (Å²) in [5.74, 6) is -0.121. The largest absolute Gasteiger partial charge is 0.322 e. The van der Waals surface area contributed by atoms with Crippen LogP contribution in [-0.2, 0) is 6.54 Å². The zero-order chi connectivity index (χ0) is 20.5. The Balaban J connectivity index is 1.55. The predicted octanol–water partition coefficient (Wildman–Crippen LogP) is 4.66. The Morgan fingerprint density at radius 1 is 1.10 bits per heavy atom. The van der Waals surface area contributed by atoms with E-state index >= 15 is 0 Å². The molecule has 0 aliphatic heterocycles. The molecular weight excluding hydrogens is 382 g/mol. The molecule has 3 aromatic heterocycles. The third-order valence-electron chi connectivity index (χ3n) is 4.91. The SMILES string of the molecule is Cc1cc(C)n(Cc2cccc(NC(=O)c3cc(C)n(-c4nccs4)c3C)c2)n1. The second-order valence-corrected chi connectivity index (χ2v) is 8.05. The van der Waals surface area contributed by atoms with Gasteiger partial charge in [-0.3, -0.25) is 14.0 Å². The Morgan fingerprint density at radius 2 is 1.93 bits per heavy atom. The third-order valence-corrected chi connectivity index (χ3v) is 5.66. The van der Waals surface area contributed by atoms with Crippen LogP contribution in [0.1, 0.15) is 38.7 Å². The van der Waals surface area contributed by atoms with Crippen molar-refractivity contribution in [1.29, 1.82) is 0 Å². The smallest absolute Gasteiger partial charge is 0.257 e. The van der Waals surface area contributed by atoms with Crippen LogP contribution in [0.25, 0.3) is 5.13 Å². The first-order valence-electron chi connectivity index (χ1n) is 9.42. The number of benzene rings is 1. The van der Waals surface area contributed by atoms with Crippen LogP contribution in [0.15, 0.2) is 48.0 Å². The summed E-state index contributed by atoms with van der Waals surface area (Å²) in [7, 11) is 0. The summed E-state index contributed by atoms with van der Waals surface area (Å²) in [6.45, 7) is 8.64. The Kier molecular flexibility index (Phi) is 5.07. The minimum absolute atomic E-state index is 0.121. The number of nitrogens with zero attached hydrogens (tertiary/aromatic N) is 4. The highest BCUT2D eigenvalue weighted by Gasteiger charge is 2.18. The summed E-state index contributed by atoms with van der Waals surface area (Å²) >= 11 is 1.55.